The number of halogens is 4. The fourth-order valence-electron chi connectivity index (χ4n) is 1.96. The van der Waals surface area contributed by atoms with Crippen LogP contribution in [0.15, 0.2) is 53.4 Å². The Morgan fingerprint density at radius 2 is 1.50 bits per heavy atom. The molecule has 2 aromatic rings. The highest BCUT2D eigenvalue weighted by Crippen LogP contribution is 2.44. The Morgan fingerprint density at radius 1 is 0.900 bits per heavy atom. The fourth-order valence-corrected chi connectivity index (χ4v) is 2.22. The van der Waals surface area contributed by atoms with E-state index >= 15 is 0 Å². The second kappa shape index (κ2) is 5.10. The Balaban J connectivity index is 2.71. The number of hydrogen-bond donors (Lipinski definition) is 2. The Bertz CT molecular complexity index is 592. The second-order valence-electron chi connectivity index (χ2n) is 4.27. The number of rotatable bonds is 2. The maximum absolute atomic E-state index is 13.3. The molecule has 0 aliphatic rings. The van der Waals surface area contributed by atoms with Crippen molar-refractivity contribution in [1.82, 2.24) is 0 Å². The summed E-state index contributed by atoms with van der Waals surface area (Å²) in [6.07, 6.45) is -5.00. The SMILES string of the molecule is OC(c1ccccc1)(c1cc(F)cc(S)c1)C(F)(F)F. The Morgan fingerprint density at radius 3 is 2.00 bits per heavy atom. The predicted molar refractivity (Wildman–Crippen MR) is 69.1 cm³/mol. The van der Waals surface area contributed by atoms with Crippen LogP contribution in [0.25, 0.3) is 0 Å². The summed E-state index contributed by atoms with van der Waals surface area (Å²) in [7, 11) is 0. The van der Waals surface area contributed by atoms with E-state index in [9.17, 15) is 22.7 Å². The number of aliphatic hydroxyl groups is 1. The molecule has 0 spiro atoms. The molecule has 106 valence electrons. The average molecular weight is 302 g/mol. The molecule has 0 saturated carbocycles. The van der Waals surface area contributed by atoms with Crippen LogP contribution in [-0.2, 0) is 5.60 Å². The summed E-state index contributed by atoms with van der Waals surface area (Å²) >= 11 is 3.85. The minimum Gasteiger partial charge on any atom is -0.372 e. The minimum atomic E-state index is -5.00. The van der Waals surface area contributed by atoms with Crippen molar-refractivity contribution in [3.05, 3.63) is 65.5 Å². The lowest BCUT2D eigenvalue weighted by molar-refractivity contribution is -0.248. The molecular formula is C14H10F4OS. The highest BCUT2D eigenvalue weighted by atomic mass is 32.1. The van der Waals surface area contributed by atoms with Crippen LogP contribution in [0.2, 0.25) is 0 Å². The molecule has 6 heteroatoms. The summed E-state index contributed by atoms with van der Waals surface area (Å²) in [5.41, 5.74) is -4.28. The summed E-state index contributed by atoms with van der Waals surface area (Å²) < 4.78 is 53.4. The maximum atomic E-state index is 13.3. The topological polar surface area (TPSA) is 20.2 Å². The molecule has 1 unspecified atom stereocenters. The first-order chi connectivity index (χ1) is 9.25. The third-order valence-electron chi connectivity index (χ3n) is 2.90. The van der Waals surface area contributed by atoms with E-state index in [1.54, 1.807) is 0 Å². The first-order valence-electron chi connectivity index (χ1n) is 5.60. The molecule has 0 aliphatic heterocycles. The van der Waals surface area contributed by atoms with E-state index in [2.05, 4.69) is 12.6 Å². The molecule has 0 aliphatic carbocycles. The first kappa shape index (κ1) is 14.9. The highest BCUT2D eigenvalue weighted by molar-refractivity contribution is 7.80. The van der Waals surface area contributed by atoms with Crippen LogP contribution in [-0.4, -0.2) is 11.3 Å². The van der Waals surface area contributed by atoms with Gasteiger partial charge in [0.05, 0.1) is 0 Å². The summed E-state index contributed by atoms with van der Waals surface area (Å²) in [5.74, 6) is -0.897. The van der Waals surface area contributed by atoms with Gasteiger partial charge in [0.25, 0.3) is 0 Å². The van der Waals surface area contributed by atoms with Crippen molar-refractivity contribution in [2.45, 2.75) is 16.7 Å². The van der Waals surface area contributed by atoms with Gasteiger partial charge in [-0.2, -0.15) is 13.2 Å². The van der Waals surface area contributed by atoms with Crippen LogP contribution >= 0.6 is 12.6 Å². The zero-order valence-electron chi connectivity index (χ0n) is 10.0. The van der Waals surface area contributed by atoms with Crippen molar-refractivity contribution in [2.75, 3.05) is 0 Å². The lowest BCUT2D eigenvalue weighted by Crippen LogP contribution is -2.43. The van der Waals surface area contributed by atoms with Crippen molar-refractivity contribution in [1.29, 1.82) is 0 Å². The lowest BCUT2D eigenvalue weighted by atomic mass is 9.85. The van der Waals surface area contributed by atoms with Gasteiger partial charge in [0.2, 0.25) is 5.60 Å². The molecule has 0 amide bonds. The van der Waals surface area contributed by atoms with Crippen molar-refractivity contribution in [3.63, 3.8) is 0 Å². The van der Waals surface area contributed by atoms with Crippen LogP contribution < -0.4 is 0 Å². The Kier molecular flexibility index (Phi) is 3.80. The van der Waals surface area contributed by atoms with E-state index in [0.717, 1.165) is 24.3 Å². The maximum Gasteiger partial charge on any atom is 0.425 e. The van der Waals surface area contributed by atoms with E-state index in [0.29, 0.717) is 6.07 Å². The number of hydrogen-bond acceptors (Lipinski definition) is 2. The van der Waals surface area contributed by atoms with E-state index < -0.39 is 23.2 Å². The Hall–Kier alpha value is -1.53. The van der Waals surface area contributed by atoms with E-state index in [1.807, 2.05) is 0 Å². The molecule has 1 nitrogen and oxygen atoms in total. The molecule has 0 bridgehead atoms. The second-order valence-corrected chi connectivity index (χ2v) is 4.79. The zero-order chi connectivity index (χ0) is 15.0. The molecular weight excluding hydrogens is 292 g/mol. The van der Waals surface area contributed by atoms with Gasteiger partial charge >= 0.3 is 6.18 Å². The van der Waals surface area contributed by atoms with Crippen LogP contribution in [0.5, 0.6) is 0 Å². The Labute approximate surface area is 118 Å². The van der Waals surface area contributed by atoms with Crippen LogP contribution in [0.4, 0.5) is 17.6 Å². The molecule has 2 rings (SSSR count). The number of alkyl halides is 3. The van der Waals surface area contributed by atoms with Gasteiger partial charge in [-0.25, -0.2) is 4.39 Å². The van der Waals surface area contributed by atoms with Crippen molar-refractivity contribution < 1.29 is 22.7 Å². The van der Waals surface area contributed by atoms with Gasteiger partial charge in [0.1, 0.15) is 5.82 Å². The standard InChI is InChI=1S/C14H10F4OS/c15-11-6-10(7-12(20)8-11)13(19,14(16,17)18)9-4-2-1-3-5-9/h1-8,19-20H. The summed E-state index contributed by atoms with van der Waals surface area (Å²) in [4.78, 5) is -0.00129. The van der Waals surface area contributed by atoms with Crippen molar-refractivity contribution >= 4 is 12.6 Å². The number of thiol groups is 1. The minimum absolute atomic E-state index is 0.00129. The molecule has 0 heterocycles. The number of benzene rings is 2. The van der Waals surface area contributed by atoms with Crippen molar-refractivity contribution in [3.8, 4) is 0 Å². The van der Waals surface area contributed by atoms with E-state index in [-0.39, 0.29) is 10.5 Å². The molecule has 0 fully saturated rings. The van der Waals surface area contributed by atoms with Gasteiger partial charge in [-0.1, -0.05) is 30.3 Å². The fraction of sp³-hybridized carbons (Fsp3) is 0.143. The first-order valence-corrected chi connectivity index (χ1v) is 6.04. The van der Waals surface area contributed by atoms with Gasteiger partial charge in [-0.05, 0) is 23.8 Å². The lowest BCUT2D eigenvalue weighted by Gasteiger charge is -2.31. The molecule has 0 aromatic heterocycles. The van der Waals surface area contributed by atoms with Crippen molar-refractivity contribution in [2.24, 2.45) is 0 Å². The monoisotopic (exact) mass is 302 g/mol. The summed E-state index contributed by atoms with van der Waals surface area (Å²) in [5, 5.41) is 10.2. The van der Waals surface area contributed by atoms with E-state index in [1.165, 1.54) is 18.2 Å². The molecule has 1 N–H and O–H groups in total. The normalized spacial score (nSPS) is 14.9. The van der Waals surface area contributed by atoms with Gasteiger partial charge in [-0.15, -0.1) is 12.6 Å². The smallest absolute Gasteiger partial charge is 0.372 e. The van der Waals surface area contributed by atoms with Gasteiger partial charge in [-0.3, -0.25) is 0 Å². The quantitative estimate of drug-likeness (QED) is 0.636. The summed E-state index contributed by atoms with van der Waals surface area (Å²) in [6, 6.07) is 9.14. The molecule has 1 atom stereocenters. The average Bonchev–Trinajstić information content (AvgIpc) is 2.36. The van der Waals surface area contributed by atoms with Gasteiger partial charge in [0.15, 0.2) is 0 Å². The molecule has 20 heavy (non-hydrogen) atoms. The molecule has 0 radical (unpaired) electrons. The highest BCUT2D eigenvalue weighted by Gasteiger charge is 2.56. The largest absolute Gasteiger partial charge is 0.425 e. The van der Waals surface area contributed by atoms with Gasteiger partial charge in [0, 0.05) is 10.5 Å². The zero-order valence-corrected chi connectivity index (χ0v) is 10.9. The predicted octanol–water partition coefficient (Wildman–Crippen LogP) is 3.91. The summed E-state index contributed by atoms with van der Waals surface area (Å²) in [6.45, 7) is 0. The third kappa shape index (κ3) is 2.53. The van der Waals surface area contributed by atoms with Crippen LogP contribution in [0.3, 0.4) is 0 Å². The van der Waals surface area contributed by atoms with Crippen LogP contribution in [0, 0.1) is 5.82 Å². The molecule has 2 aromatic carbocycles. The molecule has 0 saturated heterocycles. The third-order valence-corrected chi connectivity index (χ3v) is 3.16. The van der Waals surface area contributed by atoms with E-state index in [4.69, 9.17) is 0 Å². The van der Waals surface area contributed by atoms with Gasteiger partial charge < -0.3 is 5.11 Å². The van der Waals surface area contributed by atoms with Crippen LogP contribution in [0.1, 0.15) is 11.1 Å².